The lowest BCUT2D eigenvalue weighted by molar-refractivity contribution is -0.132. The zero-order valence-corrected chi connectivity index (χ0v) is 17.8. The number of carbonyl (C=O) groups excluding carboxylic acids is 3. The number of esters is 1. The zero-order chi connectivity index (χ0) is 23.0. The van der Waals surface area contributed by atoms with Gasteiger partial charge in [-0.2, -0.15) is 0 Å². The molecule has 32 heavy (non-hydrogen) atoms. The van der Waals surface area contributed by atoms with Gasteiger partial charge < -0.3 is 14.4 Å². The Morgan fingerprint density at radius 3 is 2.28 bits per heavy atom. The first kappa shape index (κ1) is 21.3. The molecule has 0 unspecified atom stereocenters. The fraction of sp³-hybridized carbons (Fsp3) is 0.130. The molecule has 1 saturated heterocycles. The molecular weight excluding hydrogens is 436 g/mol. The number of ketones is 1. The molecule has 8 nitrogen and oxygen atoms in total. The van der Waals surface area contributed by atoms with Crippen molar-refractivity contribution in [3.8, 4) is 0 Å². The Balaban J connectivity index is 1.90. The monoisotopic (exact) mass is 452 g/mol. The first-order chi connectivity index (χ1) is 15.3. The van der Waals surface area contributed by atoms with Gasteiger partial charge in [-0.3, -0.25) is 14.5 Å². The standard InChI is InChI=1S/C23H17ClN2O6/c1-12-11-17(25-32-12)26-19(13-3-5-15(6-4-13)23(30)31-2)18(21(28)22(26)29)20(27)14-7-9-16(24)10-8-14/h3-11,19,27H,1-2H3/b20-18+/t19-/m1/s1. The van der Waals surface area contributed by atoms with Crippen LogP contribution in [0.2, 0.25) is 5.02 Å². The molecule has 3 aromatic rings. The highest BCUT2D eigenvalue weighted by atomic mass is 35.5. The number of aliphatic hydroxyl groups excluding tert-OH is 1. The van der Waals surface area contributed by atoms with Crippen LogP contribution in [0.1, 0.15) is 33.3 Å². The van der Waals surface area contributed by atoms with Crippen LogP contribution in [0, 0.1) is 6.92 Å². The fourth-order valence-electron chi connectivity index (χ4n) is 3.53. The van der Waals surface area contributed by atoms with Crippen LogP contribution in [0.4, 0.5) is 5.82 Å². The first-order valence-electron chi connectivity index (χ1n) is 9.50. The van der Waals surface area contributed by atoms with Gasteiger partial charge in [0, 0.05) is 16.7 Å². The number of rotatable bonds is 4. The van der Waals surface area contributed by atoms with Crippen LogP contribution in [0.3, 0.4) is 0 Å². The number of hydrogen-bond donors (Lipinski definition) is 1. The van der Waals surface area contributed by atoms with Gasteiger partial charge in [-0.05, 0) is 48.9 Å². The Morgan fingerprint density at radius 1 is 1.09 bits per heavy atom. The lowest BCUT2D eigenvalue weighted by Crippen LogP contribution is -2.29. The second-order valence-electron chi connectivity index (χ2n) is 7.09. The zero-order valence-electron chi connectivity index (χ0n) is 17.0. The van der Waals surface area contributed by atoms with Crippen molar-refractivity contribution in [3.05, 3.63) is 87.6 Å². The maximum atomic E-state index is 13.0. The normalized spacial score (nSPS) is 17.6. The summed E-state index contributed by atoms with van der Waals surface area (Å²) in [6.45, 7) is 1.65. The van der Waals surface area contributed by atoms with Crippen LogP contribution < -0.4 is 4.90 Å². The Labute approximate surface area is 187 Å². The molecule has 0 spiro atoms. The summed E-state index contributed by atoms with van der Waals surface area (Å²) in [5, 5.41) is 15.3. The summed E-state index contributed by atoms with van der Waals surface area (Å²) < 4.78 is 9.81. The number of methoxy groups -OCH3 is 1. The second-order valence-corrected chi connectivity index (χ2v) is 7.52. The van der Waals surface area contributed by atoms with E-state index >= 15 is 0 Å². The summed E-state index contributed by atoms with van der Waals surface area (Å²) in [6.07, 6.45) is 0. The SMILES string of the molecule is COC(=O)c1ccc([C@@H]2/C(=C(\O)c3ccc(Cl)cc3)C(=O)C(=O)N2c2cc(C)on2)cc1. The van der Waals surface area contributed by atoms with E-state index < -0.39 is 23.7 Å². The van der Waals surface area contributed by atoms with Gasteiger partial charge in [0.05, 0.1) is 24.3 Å². The first-order valence-corrected chi connectivity index (χ1v) is 9.88. The highest BCUT2D eigenvalue weighted by Crippen LogP contribution is 2.42. The minimum atomic E-state index is -0.998. The molecule has 1 aliphatic rings. The number of amides is 1. The van der Waals surface area contributed by atoms with Crippen molar-refractivity contribution >= 4 is 40.8 Å². The van der Waals surface area contributed by atoms with Gasteiger partial charge in [0.15, 0.2) is 5.82 Å². The van der Waals surface area contributed by atoms with Gasteiger partial charge in [-0.15, -0.1) is 0 Å². The topological polar surface area (TPSA) is 110 Å². The average molecular weight is 453 g/mol. The average Bonchev–Trinajstić information content (AvgIpc) is 3.34. The molecule has 162 valence electrons. The third-order valence-electron chi connectivity index (χ3n) is 5.07. The lowest BCUT2D eigenvalue weighted by Gasteiger charge is -2.23. The quantitative estimate of drug-likeness (QED) is 0.275. The number of aromatic nitrogens is 1. The van der Waals surface area contributed by atoms with E-state index in [1.54, 1.807) is 43.3 Å². The Bertz CT molecular complexity index is 1240. The predicted octanol–water partition coefficient (Wildman–Crippen LogP) is 4.05. The van der Waals surface area contributed by atoms with Crippen LogP contribution in [0.15, 0.2) is 64.7 Å². The molecule has 4 rings (SSSR count). The molecule has 9 heteroatoms. The van der Waals surface area contributed by atoms with Crippen molar-refractivity contribution in [2.24, 2.45) is 0 Å². The minimum absolute atomic E-state index is 0.121. The molecule has 1 N–H and O–H groups in total. The largest absolute Gasteiger partial charge is 0.507 e. The number of halogens is 1. The summed E-state index contributed by atoms with van der Waals surface area (Å²) in [4.78, 5) is 39.0. The molecule has 2 aromatic carbocycles. The molecule has 0 saturated carbocycles. The number of aliphatic hydroxyl groups is 1. The molecule has 1 atom stereocenters. The lowest BCUT2D eigenvalue weighted by atomic mass is 9.94. The molecule has 1 aromatic heterocycles. The van der Waals surface area contributed by atoms with E-state index in [-0.39, 0.29) is 17.2 Å². The van der Waals surface area contributed by atoms with Gasteiger partial charge in [-0.1, -0.05) is 28.9 Å². The predicted molar refractivity (Wildman–Crippen MR) is 115 cm³/mol. The van der Waals surface area contributed by atoms with Gasteiger partial charge in [0.2, 0.25) is 0 Å². The summed E-state index contributed by atoms with van der Waals surface area (Å²) in [6, 6.07) is 12.9. The second kappa shape index (κ2) is 8.32. The Morgan fingerprint density at radius 2 is 1.72 bits per heavy atom. The van der Waals surface area contributed by atoms with Crippen LogP contribution in [-0.4, -0.2) is 35.0 Å². The maximum absolute atomic E-state index is 13.0. The number of benzene rings is 2. The van der Waals surface area contributed by atoms with E-state index in [9.17, 15) is 19.5 Å². The Kier molecular flexibility index (Phi) is 5.54. The summed E-state index contributed by atoms with van der Waals surface area (Å²) >= 11 is 5.93. The van der Waals surface area contributed by atoms with Crippen LogP contribution in [0.5, 0.6) is 0 Å². The molecule has 0 aliphatic carbocycles. The molecular formula is C23H17ClN2O6. The van der Waals surface area contributed by atoms with E-state index in [1.165, 1.54) is 25.3 Å². The highest BCUT2D eigenvalue weighted by molar-refractivity contribution is 6.51. The molecule has 0 radical (unpaired) electrons. The minimum Gasteiger partial charge on any atom is -0.507 e. The summed E-state index contributed by atoms with van der Waals surface area (Å²) in [5.74, 6) is -2.05. The van der Waals surface area contributed by atoms with E-state index in [0.717, 1.165) is 4.90 Å². The Hall–Kier alpha value is -3.91. The molecule has 2 heterocycles. The molecule has 0 bridgehead atoms. The maximum Gasteiger partial charge on any atom is 0.337 e. The van der Waals surface area contributed by atoms with Gasteiger partial charge in [0.25, 0.3) is 5.78 Å². The number of anilines is 1. The fourth-order valence-corrected chi connectivity index (χ4v) is 3.66. The van der Waals surface area contributed by atoms with Gasteiger partial charge in [0.1, 0.15) is 11.5 Å². The summed E-state index contributed by atoms with van der Waals surface area (Å²) in [5.41, 5.74) is 0.972. The number of nitrogens with zero attached hydrogens (tertiary/aromatic N) is 2. The van der Waals surface area contributed by atoms with Gasteiger partial charge in [-0.25, -0.2) is 4.79 Å². The molecule has 1 aliphatic heterocycles. The van der Waals surface area contributed by atoms with E-state index in [0.29, 0.717) is 27.5 Å². The molecule has 1 fully saturated rings. The third-order valence-corrected chi connectivity index (χ3v) is 5.32. The summed E-state index contributed by atoms with van der Waals surface area (Å²) in [7, 11) is 1.27. The number of aryl methyl sites for hydroxylation is 1. The number of Topliss-reactive ketones (excluding diaryl/α,β-unsaturated/α-hetero) is 1. The number of carbonyl (C=O) groups is 3. The van der Waals surface area contributed by atoms with Crippen molar-refractivity contribution in [3.63, 3.8) is 0 Å². The van der Waals surface area contributed by atoms with Crippen LogP contribution >= 0.6 is 11.6 Å². The van der Waals surface area contributed by atoms with E-state index in [4.69, 9.17) is 20.9 Å². The van der Waals surface area contributed by atoms with Crippen molar-refractivity contribution in [2.45, 2.75) is 13.0 Å². The smallest absolute Gasteiger partial charge is 0.337 e. The van der Waals surface area contributed by atoms with Gasteiger partial charge >= 0.3 is 11.9 Å². The van der Waals surface area contributed by atoms with Crippen molar-refractivity contribution in [2.75, 3.05) is 12.0 Å². The van der Waals surface area contributed by atoms with Crippen LogP contribution in [-0.2, 0) is 14.3 Å². The van der Waals surface area contributed by atoms with Crippen molar-refractivity contribution < 1.29 is 28.8 Å². The van der Waals surface area contributed by atoms with E-state index in [1.807, 2.05) is 0 Å². The van der Waals surface area contributed by atoms with Crippen molar-refractivity contribution in [1.82, 2.24) is 5.16 Å². The number of ether oxygens (including phenoxy) is 1. The highest BCUT2D eigenvalue weighted by Gasteiger charge is 2.48. The van der Waals surface area contributed by atoms with Crippen LogP contribution in [0.25, 0.3) is 5.76 Å². The molecule has 1 amide bonds. The third kappa shape index (κ3) is 3.65. The number of hydrogen-bond acceptors (Lipinski definition) is 7. The van der Waals surface area contributed by atoms with Crippen molar-refractivity contribution in [1.29, 1.82) is 0 Å². The van der Waals surface area contributed by atoms with E-state index in [2.05, 4.69) is 5.16 Å².